The van der Waals surface area contributed by atoms with Gasteiger partial charge in [0.1, 0.15) is 5.75 Å². The third-order valence-corrected chi connectivity index (χ3v) is 3.04. The lowest BCUT2D eigenvalue weighted by Crippen LogP contribution is -2.30. The van der Waals surface area contributed by atoms with E-state index in [1.807, 2.05) is 43.3 Å². The normalized spacial score (nSPS) is 10.2. The van der Waals surface area contributed by atoms with Crippen LogP contribution in [0.4, 0.5) is 5.69 Å². The Balaban J connectivity index is 2.36. The highest BCUT2D eigenvalue weighted by atomic mass is 16.5. The highest BCUT2D eigenvalue weighted by Gasteiger charge is 2.08. The van der Waals surface area contributed by atoms with E-state index in [4.69, 9.17) is 10.5 Å². The minimum atomic E-state index is 0.0854. The summed E-state index contributed by atoms with van der Waals surface area (Å²) in [7, 11) is 5.76. The van der Waals surface area contributed by atoms with Crippen LogP contribution < -0.4 is 15.4 Å². The largest absolute Gasteiger partial charge is 0.493 e. The average molecular weight is 279 g/mol. The van der Waals surface area contributed by atoms with E-state index in [-0.39, 0.29) is 5.91 Å². The predicted octanol–water partition coefficient (Wildman–Crippen LogP) is 1.33. The maximum atomic E-state index is 11.8. The maximum Gasteiger partial charge on any atom is 0.225 e. The fraction of sp³-hybridized carbons (Fsp3) is 0.533. The van der Waals surface area contributed by atoms with Crippen molar-refractivity contribution in [3.63, 3.8) is 0 Å². The van der Waals surface area contributed by atoms with Gasteiger partial charge in [-0.2, -0.15) is 0 Å². The van der Waals surface area contributed by atoms with Crippen LogP contribution in [0.2, 0.25) is 0 Å². The van der Waals surface area contributed by atoms with Crippen LogP contribution in [0.15, 0.2) is 24.3 Å². The van der Waals surface area contributed by atoms with E-state index in [0.717, 1.165) is 17.9 Å². The van der Waals surface area contributed by atoms with Crippen molar-refractivity contribution in [1.29, 1.82) is 0 Å². The van der Waals surface area contributed by atoms with Crippen LogP contribution in [0.25, 0.3) is 0 Å². The van der Waals surface area contributed by atoms with Gasteiger partial charge < -0.3 is 20.3 Å². The third-order valence-electron chi connectivity index (χ3n) is 3.04. The summed E-state index contributed by atoms with van der Waals surface area (Å²) in [5.74, 6) is 0.871. The van der Waals surface area contributed by atoms with Crippen molar-refractivity contribution in [2.45, 2.75) is 12.8 Å². The highest BCUT2D eigenvalue weighted by molar-refractivity contribution is 5.75. The number of hydrogen-bond acceptors (Lipinski definition) is 4. The molecule has 0 bridgehead atoms. The summed E-state index contributed by atoms with van der Waals surface area (Å²) in [5, 5.41) is 0. The van der Waals surface area contributed by atoms with Crippen LogP contribution in [0.3, 0.4) is 0 Å². The number of rotatable bonds is 8. The van der Waals surface area contributed by atoms with Gasteiger partial charge in [0.2, 0.25) is 5.91 Å². The first-order valence-electron chi connectivity index (χ1n) is 6.89. The van der Waals surface area contributed by atoms with Crippen molar-refractivity contribution < 1.29 is 9.53 Å². The summed E-state index contributed by atoms with van der Waals surface area (Å²) < 4.78 is 5.62. The molecule has 5 nitrogen and oxygen atoms in total. The van der Waals surface area contributed by atoms with Gasteiger partial charge in [-0.1, -0.05) is 6.07 Å². The quantitative estimate of drug-likeness (QED) is 0.780. The summed E-state index contributed by atoms with van der Waals surface area (Å²) in [4.78, 5) is 15.5. The highest BCUT2D eigenvalue weighted by Crippen LogP contribution is 2.19. The number of anilines is 1. The van der Waals surface area contributed by atoms with Crippen molar-refractivity contribution in [3.8, 4) is 5.75 Å². The van der Waals surface area contributed by atoms with Crippen molar-refractivity contribution in [1.82, 2.24) is 4.90 Å². The zero-order valence-corrected chi connectivity index (χ0v) is 12.6. The van der Waals surface area contributed by atoms with Crippen LogP contribution in [0.5, 0.6) is 5.75 Å². The second-order valence-electron chi connectivity index (χ2n) is 4.95. The molecule has 0 saturated carbocycles. The molecular weight excluding hydrogens is 254 g/mol. The van der Waals surface area contributed by atoms with Gasteiger partial charge in [0.15, 0.2) is 0 Å². The molecule has 0 atom stereocenters. The topological polar surface area (TPSA) is 58.8 Å². The fourth-order valence-electron chi connectivity index (χ4n) is 1.75. The molecule has 0 unspecified atom stereocenters. The molecule has 0 spiro atoms. The SMILES string of the molecule is CN(CCCN)C(=O)CCOc1cccc(N(C)C)c1. The summed E-state index contributed by atoms with van der Waals surface area (Å²) in [6.45, 7) is 1.69. The standard InChI is InChI=1S/C15H25N3O2/c1-17(2)13-6-4-7-14(12-13)20-11-8-15(19)18(3)10-5-9-16/h4,6-7,12H,5,8-11,16H2,1-3H3. The molecule has 1 aromatic carbocycles. The second kappa shape index (κ2) is 8.43. The van der Waals surface area contributed by atoms with Crippen molar-refractivity contribution in [3.05, 3.63) is 24.3 Å². The van der Waals surface area contributed by atoms with Crippen molar-refractivity contribution in [2.75, 3.05) is 45.7 Å². The van der Waals surface area contributed by atoms with Crippen molar-refractivity contribution >= 4 is 11.6 Å². The third kappa shape index (κ3) is 5.48. The van der Waals surface area contributed by atoms with Gasteiger partial charge >= 0.3 is 0 Å². The zero-order valence-electron chi connectivity index (χ0n) is 12.6. The molecule has 2 N–H and O–H groups in total. The first-order chi connectivity index (χ1) is 9.54. The Labute approximate surface area is 121 Å². The number of benzene rings is 1. The molecule has 0 aromatic heterocycles. The van der Waals surface area contributed by atoms with Gasteiger partial charge in [-0.15, -0.1) is 0 Å². The van der Waals surface area contributed by atoms with Gasteiger partial charge in [0.25, 0.3) is 0 Å². The molecule has 0 saturated heterocycles. The zero-order chi connectivity index (χ0) is 15.0. The molecule has 0 heterocycles. The van der Waals surface area contributed by atoms with Gasteiger partial charge in [-0.25, -0.2) is 0 Å². The van der Waals surface area contributed by atoms with Crippen LogP contribution in [0.1, 0.15) is 12.8 Å². The fourth-order valence-corrected chi connectivity index (χ4v) is 1.75. The van der Waals surface area contributed by atoms with E-state index in [9.17, 15) is 4.79 Å². The molecule has 112 valence electrons. The molecule has 1 amide bonds. The molecule has 0 radical (unpaired) electrons. The number of amides is 1. The van der Waals surface area contributed by atoms with Gasteiger partial charge in [0.05, 0.1) is 13.0 Å². The minimum absolute atomic E-state index is 0.0854. The number of carbonyl (C=O) groups is 1. The molecule has 0 fully saturated rings. The average Bonchev–Trinajstić information content (AvgIpc) is 2.44. The first-order valence-corrected chi connectivity index (χ1v) is 6.89. The van der Waals surface area contributed by atoms with E-state index in [1.54, 1.807) is 11.9 Å². The molecule has 5 heteroatoms. The summed E-state index contributed by atoms with van der Waals surface area (Å²) in [6, 6.07) is 7.82. The predicted molar refractivity (Wildman–Crippen MR) is 82.2 cm³/mol. The molecule has 20 heavy (non-hydrogen) atoms. The van der Waals surface area contributed by atoms with Crippen LogP contribution in [-0.4, -0.2) is 51.6 Å². The lowest BCUT2D eigenvalue weighted by Gasteiger charge is -2.17. The van der Waals surface area contributed by atoms with E-state index in [0.29, 0.717) is 26.1 Å². The Morgan fingerprint density at radius 2 is 2.05 bits per heavy atom. The molecule has 0 aliphatic carbocycles. The van der Waals surface area contributed by atoms with Crippen molar-refractivity contribution in [2.24, 2.45) is 5.73 Å². The Kier molecular flexibility index (Phi) is 6.87. The molecular formula is C15H25N3O2. The molecule has 1 rings (SSSR count). The van der Waals surface area contributed by atoms with Gasteiger partial charge in [-0.3, -0.25) is 4.79 Å². The molecule has 0 aliphatic heterocycles. The first kappa shape index (κ1) is 16.3. The van der Waals surface area contributed by atoms with E-state index >= 15 is 0 Å². The minimum Gasteiger partial charge on any atom is -0.493 e. The number of ether oxygens (including phenoxy) is 1. The van der Waals surface area contributed by atoms with Crippen LogP contribution >= 0.6 is 0 Å². The summed E-state index contributed by atoms with van der Waals surface area (Å²) in [6.07, 6.45) is 1.21. The van der Waals surface area contributed by atoms with E-state index < -0.39 is 0 Å². The Morgan fingerprint density at radius 1 is 1.30 bits per heavy atom. The molecule has 0 aliphatic rings. The second-order valence-corrected chi connectivity index (χ2v) is 4.95. The smallest absolute Gasteiger partial charge is 0.225 e. The number of carbonyl (C=O) groups excluding carboxylic acids is 1. The Hall–Kier alpha value is -1.75. The number of nitrogens with two attached hydrogens (primary N) is 1. The maximum absolute atomic E-state index is 11.8. The van der Waals surface area contributed by atoms with Gasteiger partial charge in [-0.05, 0) is 25.1 Å². The van der Waals surface area contributed by atoms with E-state index in [1.165, 1.54) is 0 Å². The lowest BCUT2D eigenvalue weighted by molar-refractivity contribution is -0.130. The van der Waals surface area contributed by atoms with Crippen LogP contribution in [0, 0.1) is 0 Å². The van der Waals surface area contributed by atoms with E-state index in [2.05, 4.69) is 0 Å². The lowest BCUT2D eigenvalue weighted by atomic mass is 10.3. The Morgan fingerprint density at radius 3 is 2.70 bits per heavy atom. The molecule has 1 aromatic rings. The summed E-state index contributed by atoms with van der Waals surface area (Å²) >= 11 is 0. The number of nitrogens with zero attached hydrogens (tertiary/aromatic N) is 2. The van der Waals surface area contributed by atoms with Gasteiger partial charge in [0, 0.05) is 39.4 Å². The monoisotopic (exact) mass is 279 g/mol. The summed E-state index contributed by atoms with van der Waals surface area (Å²) in [5.41, 5.74) is 6.50. The van der Waals surface area contributed by atoms with Crippen LogP contribution in [-0.2, 0) is 4.79 Å². The Bertz CT molecular complexity index is 421. The number of hydrogen-bond donors (Lipinski definition) is 1.